The maximum atomic E-state index is 11.1. The molecule has 1 amide bonds. The lowest BCUT2D eigenvalue weighted by Gasteiger charge is -2.35. The Morgan fingerprint density at radius 1 is 1.37 bits per heavy atom. The highest BCUT2D eigenvalue weighted by Crippen LogP contribution is 2.36. The van der Waals surface area contributed by atoms with Crippen molar-refractivity contribution in [3.05, 3.63) is 17.8 Å². The van der Waals surface area contributed by atoms with E-state index in [0.29, 0.717) is 23.0 Å². The van der Waals surface area contributed by atoms with Crippen molar-refractivity contribution in [1.29, 1.82) is 0 Å². The van der Waals surface area contributed by atoms with Gasteiger partial charge in [0.15, 0.2) is 0 Å². The fourth-order valence-electron chi connectivity index (χ4n) is 2.46. The number of carbonyl (C=O) groups is 1. The molecule has 0 radical (unpaired) electrons. The van der Waals surface area contributed by atoms with E-state index in [9.17, 15) is 4.79 Å². The number of amides is 1. The molecule has 1 aliphatic rings. The van der Waals surface area contributed by atoms with Crippen LogP contribution in [0.4, 0.5) is 11.5 Å². The average Bonchev–Trinajstić information content (AvgIpc) is 2.34. The van der Waals surface area contributed by atoms with E-state index in [-0.39, 0.29) is 5.69 Å². The molecule has 1 fully saturated rings. The highest BCUT2D eigenvalue weighted by atomic mass is 16.1. The Labute approximate surface area is 113 Å². The number of hydrogen-bond donors (Lipinski definition) is 3. The molecule has 1 aliphatic carbocycles. The predicted octanol–water partition coefficient (Wildman–Crippen LogP) is 2.14. The van der Waals surface area contributed by atoms with Gasteiger partial charge >= 0.3 is 0 Å². The van der Waals surface area contributed by atoms with Gasteiger partial charge in [0.25, 0.3) is 5.91 Å². The molecule has 0 aliphatic heterocycles. The monoisotopic (exact) mass is 262 g/mol. The highest BCUT2D eigenvalue weighted by Gasteiger charge is 2.27. The van der Waals surface area contributed by atoms with Crippen molar-refractivity contribution >= 4 is 17.4 Å². The van der Waals surface area contributed by atoms with E-state index < -0.39 is 5.91 Å². The third kappa shape index (κ3) is 3.36. The maximum absolute atomic E-state index is 11.1. The van der Waals surface area contributed by atoms with Gasteiger partial charge in [-0.25, -0.2) is 4.98 Å². The minimum Gasteiger partial charge on any atom is -0.396 e. The molecule has 0 aromatic carbocycles. The van der Waals surface area contributed by atoms with Crippen LogP contribution in [0.25, 0.3) is 0 Å². The van der Waals surface area contributed by atoms with Crippen LogP contribution in [0.2, 0.25) is 0 Å². The summed E-state index contributed by atoms with van der Waals surface area (Å²) in [5.41, 5.74) is 12.3. The minimum atomic E-state index is -0.534. The Balaban J connectivity index is 2.07. The van der Waals surface area contributed by atoms with Gasteiger partial charge in [0.2, 0.25) is 0 Å². The van der Waals surface area contributed by atoms with Crippen molar-refractivity contribution in [2.45, 2.75) is 45.6 Å². The van der Waals surface area contributed by atoms with E-state index in [1.165, 1.54) is 12.8 Å². The molecular formula is C14H22N4O. The van der Waals surface area contributed by atoms with E-state index in [2.05, 4.69) is 24.1 Å². The number of primary amides is 1. The highest BCUT2D eigenvalue weighted by molar-refractivity contribution is 5.91. The number of anilines is 2. The maximum Gasteiger partial charge on any atom is 0.267 e. The van der Waals surface area contributed by atoms with Gasteiger partial charge in [0.05, 0.1) is 5.69 Å². The van der Waals surface area contributed by atoms with Crippen LogP contribution in [0.15, 0.2) is 12.1 Å². The van der Waals surface area contributed by atoms with Crippen molar-refractivity contribution < 1.29 is 4.79 Å². The molecule has 1 aromatic rings. The Morgan fingerprint density at radius 2 is 2.00 bits per heavy atom. The lowest BCUT2D eigenvalue weighted by atomic mass is 9.75. The van der Waals surface area contributed by atoms with Gasteiger partial charge in [-0.1, -0.05) is 13.8 Å². The molecular weight excluding hydrogens is 240 g/mol. The number of rotatable bonds is 3. The lowest BCUT2D eigenvalue weighted by molar-refractivity contribution is 0.0995. The summed E-state index contributed by atoms with van der Waals surface area (Å²) in [6, 6.07) is 3.58. The predicted molar refractivity (Wildman–Crippen MR) is 76.8 cm³/mol. The zero-order valence-electron chi connectivity index (χ0n) is 11.6. The Morgan fingerprint density at radius 3 is 2.58 bits per heavy atom. The first-order valence-corrected chi connectivity index (χ1v) is 6.70. The number of nitrogens with zero attached hydrogens (tertiary/aromatic N) is 1. The van der Waals surface area contributed by atoms with Gasteiger partial charge in [0.1, 0.15) is 11.5 Å². The summed E-state index contributed by atoms with van der Waals surface area (Å²) in [4.78, 5) is 15.3. The fourth-order valence-corrected chi connectivity index (χ4v) is 2.46. The van der Waals surface area contributed by atoms with E-state index in [0.717, 1.165) is 12.8 Å². The molecule has 0 atom stereocenters. The van der Waals surface area contributed by atoms with E-state index in [1.54, 1.807) is 12.1 Å². The smallest absolute Gasteiger partial charge is 0.267 e. The summed E-state index contributed by atoms with van der Waals surface area (Å²) in [6.45, 7) is 4.59. The second-order valence-corrected chi connectivity index (χ2v) is 6.08. The van der Waals surface area contributed by atoms with Gasteiger partial charge in [-0.05, 0) is 43.2 Å². The van der Waals surface area contributed by atoms with E-state index >= 15 is 0 Å². The summed E-state index contributed by atoms with van der Waals surface area (Å²) in [5.74, 6) is 0.0360. The molecule has 0 bridgehead atoms. The SMILES string of the molecule is CC1(C)CCC(Nc2nc(C(N)=O)ccc2N)CC1. The number of nitrogens with one attached hydrogen (secondary N) is 1. The zero-order valence-corrected chi connectivity index (χ0v) is 11.6. The third-order valence-corrected chi connectivity index (χ3v) is 3.86. The van der Waals surface area contributed by atoms with Crippen molar-refractivity contribution in [3.63, 3.8) is 0 Å². The molecule has 5 heteroatoms. The van der Waals surface area contributed by atoms with Crippen molar-refractivity contribution in [3.8, 4) is 0 Å². The minimum absolute atomic E-state index is 0.243. The quantitative estimate of drug-likeness (QED) is 0.778. The molecule has 5 N–H and O–H groups in total. The van der Waals surface area contributed by atoms with Crippen LogP contribution >= 0.6 is 0 Å². The van der Waals surface area contributed by atoms with E-state index in [4.69, 9.17) is 11.5 Å². The van der Waals surface area contributed by atoms with Gasteiger partial charge < -0.3 is 16.8 Å². The van der Waals surface area contributed by atoms with E-state index in [1.807, 2.05) is 0 Å². The lowest BCUT2D eigenvalue weighted by Crippen LogP contribution is -2.30. The summed E-state index contributed by atoms with van der Waals surface area (Å²) in [5, 5.41) is 3.34. The Hall–Kier alpha value is -1.78. The van der Waals surface area contributed by atoms with Crippen molar-refractivity contribution in [2.24, 2.45) is 11.1 Å². The van der Waals surface area contributed by atoms with Crippen molar-refractivity contribution in [2.75, 3.05) is 11.1 Å². The molecule has 1 heterocycles. The second-order valence-electron chi connectivity index (χ2n) is 6.08. The first-order valence-electron chi connectivity index (χ1n) is 6.70. The Bertz CT molecular complexity index is 474. The number of pyridine rings is 1. The third-order valence-electron chi connectivity index (χ3n) is 3.86. The molecule has 1 saturated carbocycles. The average molecular weight is 262 g/mol. The molecule has 0 unspecified atom stereocenters. The van der Waals surface area contributed by atoms with Crippen LogP contribution in [-0.2, 0) is 0 Å². The van der Waals surface area contributed by atoms with Gasteiger partial charge in [-0.3, -0.25) is 4.79 Å². The number of aromatic nitrogens is 1. The molecule has 2 rings (SSSR count). The summed E-state index contributed by atoms with van der Waals surface area (Å²) >= 11 is 0. The summed E-state index contributed by atoms with van der Waals surface area (Å²) < 4.78 is 0. The first-order chi connectivity index (χ1) is 8.87. The van der Waals surface area contributed by atoms with Crippen LogP contribution in [0.1, 0.15) is 50.0 Å². The molecule has 1 aromatic heterocycles. The number of carbonyl (C=O) groups excluding carboxylic acids is 1. The largest absolute Gasteiger partial charge is 0.396 e. The van der Waals surface area contributed by atoms with Gasteiger partial charge in [-0.15, -0.1) is 0 Å². The normalized spacial score (nSPS) is 19.1. The van der Waals surface area contributed by atoms with Crippen LogP contribution in [0, 0.1) is 5.41 Å². The summed E-state index contributed by atoms with van der Waals surface area (Å²) in [7, 11) is 0. The molecule has 0 saturated heterocycles. The molecule has 104 valence electrons. The van der Waals surface area contributed by atoms with Gasteiger partial charge in [-0.2, -0.15) is 0 Å². The van der Waals surface area contributed by atoms with Crippen molar-refractivity contribution in [1.82, 2.24) is 4.98 Å². The topological polar surface area (TPSA) is 94.0 Å². The standard InChI is InChI=1S/C14H22N4O/c1-14(2)7-5-9(6-8-14)17-13-10(15)3-4-11(18-13)12(16)19/h3-4,9H,5-8,15H2,1-2H3,(H2,16,19)(H,17,18). The van der Waals surface area contributed by atoms with Crippen LogP contribution in [-0.4, -0.2) is 16.9 Å². The molecule has 5 nitrogen and oxygen atoms in total. The second kappa shape index (κ2) is 5.07. The number of hydrogen-bond acceptors (Lipinski definition) is 4. The van der Waals surface area contributed by atoms with Crippen LogP contribution in [0.5, 0.6) is 0 Å². The number of nitrogen functional groups attached to an aromatic ring is 1. The Kier molecular flexibility index (Phi) is 3.64. The van der Waals surface area contributed by atoms with Gasteiger partial charge in [0, 0.05) is 6.04 Å². The summed E-state index contributed by atoms with van der Waals surface area (Å²) in [6.07, 6.45) is 4.55. The number of nitrogens with two attached hydrogens (primary N) is 2. The molecule has 0 spiro atoms. The van der Waals surface area contributed by atoms with Crippen LogP contribution < -0.4 is 16.8 Å². The zero-order chi connectivity index (χ0) is 14.0. The first kappa shape index (κ1) is 13.6. The molecule has 19 heavy (non-hydrogen) atoms. The van der Waals surface area contributed by atoms with Crippen LogP contribution in [0.3, 0.4) is 0 Å². The fraction of sp³-hybridized carbons (Fsp3) is 0.571.